The largest absolute Gasteiger partial charge is 0.450 e. The molecular weight excluding hydrogens is 408 g/mol. The van der Waals surface area contributed by atoms with Crippen LogP contribution in [0.5, 0.6) is 0 Å². The molecule has 33 heavy (non-hydrogen) atoms. The average Bonchev–Trinajstić information content (AvgIpc) is 3.19. The Hall–Kier alpha value is -2.33. The molecular formula is C29H42N2O2. The number of amides is 1. The molecule has 0 spiro atoms. The summed E-state index contributed by atoms with van der Waals surface area (Å²) in [5, 5.41) is 6.72. The minimum atomic E-state index is -0.315. The standard InChI is InChI=1S/C29H42N2O2/c1-8-17-33-27(32)31-24-18-25(30-19-24)26(20-9-13-22(14-10-20)28(2,3)4)21-11-15-23(16-12-21)29(5,6)7/h9-16,24-26,30H,8,17-19H2,1-7H3,(H,31,32)/t24-,25-/m0/s1. The fourth-order valence-corrected chi connectivity index (χ4v) is 4.57. The Morgan fingerprint density at radius 1 is 0.939 bits per heavy atom. The van der Waals surface area contributed by atoms with Crippen molar-refractivity contribution in [1.29, 1.82) is 0 Å². The second-order valence-corrected chi connectivity index (χ2v) is 11.4. The number of hydrogen-bond acceptors (Lipinski definition) is 3. The third kappa shape index (κ3) is 6.60. The summed E-state index contributed by atoms with van der Waals surface area (Å²) in [6, 6.07) is 18.5. The Morgan fingerprint density at radius 2 is 1.42 bits per heavy atom. The van der Waals surface area contributed by atoms with Crippen molar-refractivity contribution in [2.75, 3.05) is 13.2 Å². The number of carbonyl (C=O) groups excluding carboxylic acids is 1. The maximum Gasteiger partial charge on any atom is 0.407 e. The number of hydrogen-bond donors (Lipinski definition) is 2. The molecule has 2 aromatic rings. The van der Waals surface area contributed by atoms with E-state index in [2.05, 4.69) is 101 Å². The van der Waals surface area contributed by atoms with E-state index in [1.807, 2.05) is 6.92 Å². The molecule has 1 saturated heterocycles. The maximum absolute atomic E-state index is 12.1. The Labute approximate surface area is 200 Å². The molecule has 3 rings (SSSR count). The Balaban J connectivity index is 1.86. The van der Waals surface area contributed by atoms with Gasteiger partial charge in [-0.1, -0.05) is 97.0 Å². The van der Waals surface area contributed by atoms with Crippen LogP contribution in [0.1, 0.15) is 89.5 Å². The zero-order chi connectivity index (χ0) is 24.2. The first-order valence-electron chi connectivity index (χ1n) is 12.4. The van der Waals surface area contributed by atoms with Gasteiger partial charge in [-0.05, 0) is 45.9 Å². The molecule has 1 aliphatic rings. The van der Waals surface area contributed by atoms with Gasteiger partial charge in [0.15, 0.2) is 0 Å². The Kier molecular flexibility index (Phi) is 7.89. The van der Waals surface area contributed by atoms with Gasteiger partial charge in [0.1, 0.15) is 0 Å². The van der Waals surface area contributed by atoms with Crippen molar-refractivity contribution < 1.29 is 9.53 Å². The summed E-state index contributed by atoms with van der Waals surface area (Å²) in [6.45, 7) is 16.7. The van der Waals surface area contributed by atoms with Gasteiger partial charge in [0.25, 0.3) is 0 Å². The van der Waals surface area contributed by atoms with Crippen molar-refractivity contribution in [3.05, 3.63) is 70.8 Å². The number of ether oxygens (including phenoxy) is 1. The van der Waals surface area contributed by atoms with E-state index in [1.54, 1.807) is 0 Å². The van der Waals surface area contributed by atoms with Crippen LogP contribution >= 0.6 is 0 Å². The minimum absolute atomic E-state index is 0.0737. The smallest absolute Gasteiger partial charge is 0.407 e. The van der Waals surface area contributed by atoms with Crippen LogP contribution in [0, 0.1) is 0 Å². The topological polar surface area (TPSA) is 50.4 Å². The van der Waals surface area contributed by atoms with Crippen LogP contribution in [0.3, 0.4) is 0 Å². The number of carbonyl (C=O) groups is 1. The van der Waals surface area contributed by atoms with Gasteiger partial charge in [-0.15, -0.1) is 0 Å². The molecule has 4 nitrogen and oxygen atoms in total. The third-order valence-electron chi connectivity index (χ3n) is 6.60. The maximum atomic E-state index is 12.1. The quantitative estimate of drug-likeness (QED) is 0.544. The second kappa shape index (κ2) is 10.3. The van der Waals surface area contributed by atoms with Gasteiger partial charge < -0.3 is 15.4 Å². The van der Waals surface area contributed by atoms with Gasteiger partial charge in [-0.25, -0.2) is 4.79 Å². The first-order valence-corrected chi connectivity index (χ1v) is 12.4. The molecule has 0 aliphatic carbocycles. The zero-order valence-electron chi connectivity index (χ0n) is 21.5. The first kappa shape index (κ1) is 25.3. The van der Waals surface area contributed by atoms with Gasteiger partial charge >= 0.3 is 6.09 Å². The van der Waals surface area contributed by atoms with Crippen molar-refractivity contribution in [1.82, 2.24) is 10.6 Å². The van der Waals surface area contributed by atoms with Gasteiger partial charge in [-0.2, -0.15) is 0 Å². The SMILES string of the molecule is CCCOC(=O)N[C@@H]1CN[C@H](C(c2ccc(C(C)(C)C)cc2)c2ccc(C(C)(C)C)cc2)C1. The molecule has 180 valence electrons. The molecule has 2 atom stereocenters. The lowest BCUT2D eigenvalue weighted by atomic mass is 9.80. The molecule has 1 heterocycles. The summed E-state index contributed by atoms with van der Waals surface area (Å²) >= 11 is 0. The Bertz CT molecular complexity index is 847. The fourth-order valence-electron chi connectivity index (χ4n) is 4.57. The van der Waals surface area contributed by atoms with E-state index in [9.17, 15) is 4.79 Å². The van der Waals surface area contributed by atoms with E-state index in [0.717, 1.165) is 19.4 Å². The molecule has 0 radical (unpaired) electrons. The van der Waals surface area contributed by atoms with Crippen LogP contribution < -0.4 is 10.6 Å². The van der Waals surface area contributed by atoms with Crippen molar-refractivity contribution in [3.63, 3.8) is 0 Å². The van der Waals surface area contributed by atoms with Crippen LogP contribution in [0.2, 0.25) is 0 Å². The number of rotatable bonds is 6. The van der Waals surface area contributed by atoms with E-state index in [4.69, 9.17) is 4.74 Å². The predicted molar refractivity (Wildman–Crippen MR) is 137 cm³/mol. The highest BCUT2D eigenvalue weighted by atomic mass is 16.5. The molecule has 1 amide bonds. The van der Waals surface area contributed by atoms with Gasteiger partial charge in [0.05, 0.1) is 6.61 Å². The van der Waals surface area contributed by atoms with Crippen LogP contribution in [0.4, 0.5) is 4.79 Å². The molecule has 2 N–H and O–H groups in total. The monoisotopic (exact) mass is 450 g/mol. The molecule has 4 heteroatoms. The van der Waals surface area contributed by atoms with Gasteiger partial charge in [0, 0.05) is 24.5 Å². The van der Waals surface area contributed by atoms with Crippen molar-refractivity contribution in [2.24, 2.45) is 0 Å². The van der Waals surface area contributed by atoms with E-state index in [0.29, 0.717) is 6.61 Å². The van der Waals surface area contributed by atoms with Crippen LogP contribution in [0.15, 0.2) is 48.5 Å². The summed E-state index contributed by atoms with van der Waals surface area (Å²) in [4.78, 5) is 12.1. The number of benzene rings is 2. The summed E-state index contributed by atoms with van der Waals surface area (Å²) in [7, 11) is 0. The molecule has 0 unspecified atom stereocenters. The second-order valence-electron chi connectivity index (χ2n) is 11.4. The lowest BCUT2D eigenvalue weighted by Crippen LogP contribution is -2.36. The first-order chi connectivity index (χ1) is 15.5. The third-order valence-corrected chi connectivity index (χ3v) is 6.60. The summed E-state index contributed by atoms with van der Waals surface area (Å²) < 4.78 is 5.23. The van der Waals surface area contributed by atoms with Gasteiger partial charge in [-0.3, -0.25) is 0 Å². The number of alkyl carbamates (subject to hydrolysis) is 1. The summed E-state index contributed by atoms with van der Waals surface area (Å²) in [5.41, 5.74) is 5.54. The van der Waals surface area contributed by atoms with E-state index in [1.165, 1.54) is 22.3 Å². The van der Waals surface area contributed by atoms with E-state index < -0.39 is 0 Å². The van der Waals surface area contributed by atoms with Crippen LogP contribution in [-0.2, 0) is 15.6 Å². The zero-order valence-corrected chi connectivity index (χ0v) is 21.5. The highest BCUT2D eigenvalue weighted by Gasteiger charge is 2.33. The van der Waals surface area contributed by atoms with Crippen LogP contribution in [-0.4, -0.2) is 31.3 Å². The normalized spacial score (nSPS) is 19.0. The molecule has 1 aliphatic heterocycles. The summed E-state index contributed by atoms with van der Waals surface area (Å²) in [5.74, 6) is 0.214. The van der Waals surface area contributed by atoms with Crippen LogP contribution in [0.25, 0.3) is 0 Å². The highest BCUT2D eigenvalue weighted by molar-refractivity contribution is 5.67. The lowest BCUT2D eigenvalue weighted by Gasteiger charge is -2.27. The van der Waals surface area contributed by atoms with Gasteiger partial charge in [0.2, 0.25) is 0 Å². The molecule has 2 aromatic carbocycles. The highest BCUT2D eigenvalue weighted by Crippen LogP contribution is 2.35. The van der Waals surface area contributed by atoms with E-state index >= 15 is 0 Å². The molecule has 0 bridgehead atoms. The predicted octanol–water partition coefficient (Wildman–Crippen LogP) is 6.28. The van der Waals surface area contributed by atoms with E-state index in [-0.39, 0.29) is 34.9 Å². The average molecular weight is 451 g/mol. The summed E-state index contributed by atoms with van der Waals surface area (Å²) in [6.07, 6.45) is 1.38. The fraction of sp³-hybridized carbons (Fsp3) is 0.552. The number of nitrogens with one attached hydrogen (secondary N) is 2. The van der Waals surface area contributed by atoms with Crippen molar-refractivity contribution >= 4 is 6.09 Å². The minimum Gasteiger partial charge on any atom is -0.450 e. The molecule has 1 fully saturated rings. The molecule has 0 aromatic heterocycles. The lowest BCUT2D eigenvalue weighted by molar-refractivity contribution is 0.143. The van der Waals surface area contributed by atoms with Crippen molar-refractivity contribution in [3.8, 4) is 0 Å². The molecule has 0 saturated carbocycles. The van der Waals surface area contributed by atoms with Crippen molar-refractivity contribution in [2.45, 2.75) is 90.1 Å². The Morgan fingerprint density at radius 3 is 1.85 bits per heavy atom.